The quantitative estimate of drug-likeness (QED) is 0.635. The number of hydrogen-bond donors (Lipinski definition) is 0. The molecule has 0 radical (unpaired) electrons. The molecule has 0 amide bonds. The maximum Gasteiger partial charge on any atom is 0.177 e. The van der Waals surface area contributed by atoms with Gasteiger partial charge in [0.2, 0.25) is 0 Å². The molecule has 2 aliphatic rings. The molecule has 2 aromatic rings. The van der Waals surface area contributed by atoms with Gasteiger partial charge in [0.1, 0.15) is 0 Å². The van der Waals surface area contributed by atoms with Crippen LogP contribution >= 0.6 is 0 Å². The molecule has 1 saturated heterocycles. The van der Waals surface area contributed by atoms with Crippen molar-refractivity contribution in [2.75, 3.05) is 37.0 Å². The van der Waals surface area contributed by atoms with Gasteiger partial charge in [0.25, 0.3) is 0 Å². The Labute approximate surface area is 194 Å². The summed E-state index contributed by atoms with van der Waals surface area (Å²) in [5, 5.41) is 0. The largest absolute Gasteiger partial charge is 0.364 e. The molecule has 4 rings (SSSR count). The number of hydrogen-bond acceptors (Lipinski definition) is 8. The van der Waals surface area contributed by atoms with Crippen molar-refractivity contribution >= 4 is 37.1 Å². The molecule has 176 valence electrons. The first kappa shape index (κ1) is 23.6. The van der Waals surface area contributed by atoms with E-state index in [-0.39, 0.29) is 13.1 Å². The SMILES string of the molecule is CS(=O)(=O)C1CN(c2cccc(C=C3CCCN=C3c3cccnc3)c2)CC(S(C)(=O)=O)O1. The van der Waals surface area contributed by atoms with E-state index in [2.05, 4.69) is 11.1 Å². The molecule has 33 heavy (non-hydrogen) atoms. The highest BCUT2D eigenvalue weighted by atomic mass is 32.2. The summed E-state index contributed by atoms with van der Waals surface area (Å²) in [4.78, 5) is 10.7. The summed E-state index contributed by atoms with van der Waals surface area (Å²) in [6.07, 6.45) is 9.59. The van der Waals surface area contributed by atoms with E-state index in [0.29, 0.717) is 0 Å². The Hall–Kier alpha value is -2.56. The first-order valence-corrected chi connectivity index (χ1v) is 14.6. The van der Waals surface area contributed by atoms with E-state index in [9.17, 15) is 16.8 Å². The lowest BCUT2D eigenvalue weighted by molar-refractivity contribution is 0.0635. The number of allylic oxidation sites excluding steroid dienone is 1. The Balaban J connectivity index is 1.66. The molecule has 1 aromatic heterocycles. The van der Waals surface area contributed by atoms with Crippen molar-refractivity contribution in [2.45, 2.75) is 23.7 Å². The highest BCUT2D eigenvalue weighted by molar-refractivity contribution is 7.92. The molecule has 10 heteroatoms. The minimum atomic E-state index is -3.59. The van der Waals surface area contributed by atoms with Crippen LogP contribution in [0, 0.1) is 0 Å². The van der Waals surface area contributed by atoms with E-state index >= 15 is 0 Å². The van der Waals surface area contributed by atoms with Gasteiger partial charge in [-0.25, -0.2) is 16.8 Å². The van der Waals surface area contributed by atoms with Crippen LogP contribution in [-0.4, -0.2) is 70.5 Å². The molecule has 2 atom stereocenters. The van der Waals surface area contributed by atoms with Crippen molar-refractivity contribution in [3.8, 4) is 0 Å². The van der Waals surface area contributed by atoms with Crippen LogP contribution < -0.4 is 4.90 Å². The van der Waals surface area contributed by atoms with Crippen LogP contribution in [0.5, 0.6) is 0 Å². The highest BCUT2D eigenvalue weighted by Gasteiger charge is 2.38. The lowest BCUT2D eigenvalue weighted by Crippen LogP contribution is -2.52. The standard InChI is InChI=1S/C23H27N3O5S2/c1-32(27,28)21-15-26(16-22(31-21)33(2,29)30)20-9-3-6-17(13-20)12-18-7-5-11-25-23(18)19-8-4-10-24-14-19/h3-4,6,8-10,12-14,21-22H,5,7,11,15-16H2,1-2H3. The summed E-state index contributed by atoms with van der Waals surface area (Å²) in [7, 11) is -7.19. The average molecular weight is 490 g/mol. The summed E-state index contributed by atoms with van der Waals surface area (Å²) < 4.78 is 54.1. The molecule has 0 N–H and O–H groups in total. The van der Waals surface area contributed by atoms with E-state index in [1.807, 2.05) is 36.4 Å². The number of ether oxygens (including phenoxy) is 1. The van der Waals surface area contributed by atoms with Gasteiger partial charge in [0.05, 0.1) is 18.8 Å². The Morgan fingerprint density at radius 1 is 1.03 bits per heavy atom. The van der Waals surface area contributed by atoms with Crippen molar-refractivity contribution in [1.29, 1.82) is 0 Å². The van der Waals surface area contributed by atoms with Gasteiger partial charge >= 0.3 is 0 Å². The van der Waals surface area contributed by atoms with Crippen LogP contribution in [-0.2, 0) is 24.4 Å². The van der Waals surface area contributed by atoms with Crippen LogP contribution in [0.3, 0.4) is 0 Å². The van der Waals surface area contributed by atoms with E-state index in [1.54, 1.807) is 17.3 Å². The van der Waals surface area contributed by atoms with E-state index in [0.717, 1.165) is 60.0 Å². The number of benzene rings is 1. The van der Waals surface area contributed by atoms with Crippen molar-refractivity contribution in [2.24, 2.45) is 4.99 Å². The summed E-state index contributed by atoms with van der Waals surface area (Å²) >= 11 is 0. The van der Waals surface area contributed by atoms with Crippen molar-refractivity contribution in [1.82, 2.24) is 4.98 Å². The molecule has 8 nitrogen and oxygen atoms in total. The first-order valence-electron chi connectivity index (χ1n) is 10.7. The van der Waals surface area contributed by atoms with Crippen LogP contribution in [0.15, 0.2) is 59.4 Å². The fraction of sp³-hybridized carbons (Fsp3) is 0.391. The summed E-state index contributed by atoms with van der Waals surface area (Å²) in [6, 6.07) is 11.5. The summed E-state index contributed by atoms with van der Waals surface area (Å²) in [5.41, 5.74) is 2.26. The molecule has 2 unspecified atom stereocenters. The number of aromatic nitrogens is 1. The number of pyridine rings is 1. The Morgan fingerprint density at radius 3 is 2.39 bits per heavy atom. The van der Waals surface area contributed by atoms with Crippen molar-refractivity contribution in [3.63, 3.8) is 0 Å². The minimum Gasteiger partial charge on any atom is -0.364 e. The third kappa shape index (κ3) is 5.69. The van der Waals surface area contributed by atoms with Crippen LogP contribution in [0.2, 0.25) is 0 Å². The third-order valence-electron chi connectivity index (χ3n) is 5.69. The molecule has 3 heterocycles. The second-order valence-corrected chi connectivity index (χ2v) is 12.8. The summed E-state index contributed by atoms with van der Waals surface area (Å²) in [6.45, 7) is 0.898. The number of sulfone groups is 2. The second-order valence-electron chi connectivity index (χ2n) is 8.40. The van der Waals surface area contributed by atoms with Gasteiger partial charge < -0.3 is 9.64 Å². The zero-order valence-electron chi connectivity index (χ0n) is 18.6. The van der Waals surface area contributed by atoms with Gasteiger partial charge in [-0.2, -0.15) is 0 Å². The predicted octanol–water partition coefficient (Wildman–Crippen LogP) is 2.33. The predicted molar refractivity (Wildman–Crippen MR) is 130 cm³/mol. The van der Waals surface area contributed by atoms with Crippen LogP contribution in [0.25, 0.3) is 6.08 Å². The number of rotatable bonds is 5. The highest BCUT2D eigenvalue weighted by Crippen LogP contribution is 2.27. The van der Waals surface area contributed by atoms with Crippen LogP contribution in [0.1, 0.15) is 24.0 Å². The topological polar surface area (TPSA) is 106 Å². The average Bonchev–Trinajstić information content (AvgIpc) is 2.79. The van der Waals surface area contributed by atoms with E-state index < -0.39 is 30.5 Å². The maximum atomic E-state index is 12.2. The molecule has 1 aromatic carbocycles. The van der Waals surface area contributed by atoms with Gasteiger partial charge in [-0.05, 0) is 54.3 Å². The van der Waals surface area contributed by atoms with Crippen molar-refractivity contribution < 1.29 is 21.6 Å². The molecule has 1 fully saturated rings. The lowest BCUT2D eigenvalue weighted by atomic mass is 9.95. The molecule has 0 saturated carbocycles. The van der Waals surface area contributed by atoms with Crippen LogP contribution in [0.4, 0.5) is 5.69 Å². The lowest BCUT2D eigenvalue weighted by Gasteiger charge is -2.37. The number of anilines is 1. The smallest absolute Gasteiger partial charge is 0.177 e. The van der Waals surface area contributed by atoms with Gasteiger partial charge in [0, 0.05) is 42.7 Å². The Bertz CT molecular complexity index is 1250. The fourth-order valence-corrected chi connectivity index (χ4v) is 5.63. The molecular formula is C23H27N3O5S2. The van der Waals surface area contributed by atoms with E-state index in [4.69, 9.17) is 9.73 Å². The first-order chi connectivity index (χ1) is 15.6. The number of nitrogens with zero attached hydrogens (tertiary/aromatic N) is 3. The van der Waals surface area contributed by atoms with Gasteiger partial charge in [-0.15, -0.1) is 0 Å². The van der Waals surface area contributed by atoms with Crippen molar-refractivity contribution in [3.05, 3.63) is 65.5 Å². The normalized spacial score (nSPS) is 23.4. The number of morpholine rings is 1. The molecular weight excluding hydrogens is 462 g/mol. The number of aliphatic imine (C=N–C) groups is 1. The zero-order chi connectivity index (χ0) is 23.6. The molecule has 0 bridgehead atoms. The van der Waals surface area contributed by atoms with Gasteiger partial charge in [0.15, 0.2) is 30.5 Å². The Morgan fingerprint density at radius 2 is 1.76 bits per heavy atom. The van der Waals surface area contributed by atoms with Gasteiger partial charge in [-0.1, -0.05) is 12.1 Å². The maximum absolute atomic E-state index is 12.2. The van der Waals surface area contributed by atoms with E-state index in [1.165, 1.54) is 0 Å². The minimum absolute atomic E-state index is 0.0628. The zero-order valence-corrected chi connectivity index (χ0v) is 20.2. The fourth-order valence-electron chi connectivity index (χ4n) is 3.99. The molecule has 0 spiro atoms. The Kier molecular flexibility index (Phi) is 6.69. The summed E-state index contributed by atoms with van der Waals surface area (Å²) in [5.74, 6) is 0. The monoisotopic (exact) mass is 489 g/mol. The third-order valence-corrected chi connectivity index (χ3v) is 8.12. The second kappa shape index (κ2) is 9.36. The van der Waals surface area contributed by atoms with Gasteiger partial charge in [-0.3, -0.25) is 9.98 Å². The molecule has 0 aliphatic carbocycles. The molecule has 2 aliphatic heterocycles.